The van der Waals surface area contributed by atoms with Crippen molar-refractivity contribution in [2.45, 2.75) is 24.2 Å². The highest BCUT2D eigenvalue weighted by molar-refractivity contribution is 7.54. The first kappa shape index (κ1) is 17.1. The number of para-hydroxylation sites is 2. The summed E-state index contributed by atoms with van der Waals surface area (Å²) in [6.07, 6.45) is 2.33. The molecule has 26 heavy (non-hydrogen) atoms. The molecular formula is C23H24O2P+. The molecule has 3 aromatic carbocycles. The van der Waals surface area contributed by atoms with Gasteiger partial charge in [-0.1, -0.05) is 72.8 Å². The Hall–Kier alpha value is -2.31. The van der Waals surface area contributed by atoms with Gasteiger partial charge in [-0.05, 0) is 30.0 Å². The van der Waals surface area contributed by atoms with Crippen LogP contribution in [0.15, 0.2) is 84.9 Å². The van der Waals surface area contributed by atoms with Gasteiger partial charge in [0.15, 0.2) is 7.11 Å². The minimum atomic E-state index is -0.683. The molecule has 1 aliphatic rings. The Kier molecular flexibility index (Phi) is 5.22. The van der Waals surface area contributed by atoms with Crippen molar-refractivity contribution in [3.63, 3.8) is 0 Å². The smallest absolute Gasteiger partial charge is 0.297 e. The van der Waals surface area contributed by atoms with Crippen molar-refractivity contribution < 1.29 is 9.26 Å². The Balaban J connectivity index is 1.70. The lowest BCUT2D eigenvalue weighted by Gasteiger charge is -2.26. The summed E-state index contributed by atoms with van der Waals surface area (Å²) in [6, 6.07) is 29.8. The molecule has 3 aromatic rings. The first-order chi connectivity index (χ1) is 12.9. The summed E-state index contributed by atoms with van der Waals surface area (Å²) in [4.78, 5) is 0. The maximum atomic E-state index is 6.70. The van der Waals surface area contributed by atoms with Gasteiger partial charge >= 0.3 is 0 Å². The van der Waals surface area contributed by atoms with Crippen LogP contribution in [0.25, 0.3) is 0 Å². The van der Waals surface area contributed by atoms with E-state index in [-0.39, 0.29) is 0 Å². The molecule has 0 aromatic heterocycles. The topological polar surface area (TPSA) is 22.0 Å². The fourth-order valence-electron chi connectivity index (χ4n) is 3.72. The van der Waals surface area contributed by atoms with E-state index in [2.05, 4.69) is 65.4 Å². The highest BCUT2D eigenvalue weighted by Gasteiger charge is 2.40. The van der Waals surface area contributed by atoms with Gasteiger partial charge in [0.05, 0.1) is 0 Å². The number of rotatable bonds is 5. The Morgan fingerprint density at radius 1 is 0.731 bits per heavy atom. The molecule has 2 nitrogen and oxygen atoms in total. The van der Waals surface area contributed by atoms with Crippen LogP contribution in [0.1, 0.15) is 35.3 Å². The molecular weight excluding hydrogens is 339 g/mol. The molecule has 1 heterocycles. The average molecular weight is 363 g/mol. The maximum Gasteiger partial charge on any atom is 0.297 e. The van der Waals surface area contributed by atoms with E-state index in [1.807, 2.05) is 31.4 Å². The zero-order chi connectivity index (χ0) is 17.8. The first-order valence-electron chi connectivity index (χ1n) is 9.12. The summed E-state index contributed by atoms with van der Waals surface area (Å²) >= 11 is 0. The molecule has 0 amide bonds. The molecule has 3 heteroatoms. The molecule has 4 rings (SSSR count). The van der Waals surface area contributed by atoms with E-state index >= 15 is 0 Å². The van der Waals surface area contributed by atoms with Crippen molar-refractivity contribution in [3.05, 3.63) is 96.1 Å². The van der Waals surface area contributed by atoms with Gasteiger partial charge in [0, 0.05) is 17.4 Å². The van der Waals surface area contributed by atoms with Crippen molar-refractivity contribution in [1.29, 1.82) is 0 Å². The third-order valence-electron chi connectivity index (χ3n) is 5.01. The quantitative estimate of drug-likeness (QED) is 0.369. The lowest BCUT2D eigenvalue weighted by atomic mass is 10.0. The van der Waals surface area contributed by atoms with Gasteiger partial charge in [0.2, 0.25) is 5.75 Å². The first-order valence-corrected chi connectivity index (χ1v) is 10.5. The van der Waals surface area contributed by atoms with Gasteiger partial charge in [-0.25, -0.2) is 0 Å². The number of benzene rings is 3. The van der Waals surface area contributed by atoms with E-state index in [9.17, 15) is 0 Å². The molecule has 0 radical (unpaired) electrons. The summed E-state index contributed by atoms with van der Waals surface area (Å²) in [6.45, 7) is 0. The van der Waals surface area contributed by atoms with Crippen LogP contribution in [-0.4, -0.2) is 11.8 Å². The molecule has 1 aliphatic heterocycles. The van der Waals surface area contributed by atoms with Gasteiger partial charge in [-0.2, -0.15) is 0 Å². The maximum absolute atomic E-state index is 6.70. The fourth-order valence-corrected chi connectivity index (χ4v) is 6.53. The molecule has 132 valence electrons. The summed E-state index contributed by atoms with van der Waals surface area (Å²) in [5.41, 5.74) is 3.70. The van der Waals surface area contributed by atoms with Gasteiger partial charge in [-0.3, -0.25) is 0 Å². The van der Waals surface area contributed by atoms with Crippen LogP contribution >= 0.6 is 8.15 Å². The standard InChI is InChI=1S/C23H23O2P/c1-24-20-14-8-9-15-21(20)25-26-22(18-10-4-2-5-11-18)16-17-23(26)19-12-6-3-7-13-19/h2-15,22-23H,16-17H2,1H3/p+1/t22-,23-/m0/s1. The van der Waals surface area contributed by atoms with Crippen LogP contribution < -0.4 is 4.52 Å². The molecule has 1 fully saturated rings. The summed E-state index contributed by atoms with van der Waals surface area (Å²) < 4.78 is 11.1. The molecule has 2 atom stereocenters. The molecule has 0 unspecified atom stereocenters. The van der Waals surface area contributed by atoms with Crippen molar-refractivity contribution in [2.24, 2.45) is 0 Å². The number of aromatic hydroxyl groups is 1. The second kappa shape index (κ2) is 7.93. The van der Waals surface area contributed by atoms with Gasteiger partial charge in [-0.15, -0.1) is 0 Å². The van der Waals surface area contributed by atoms with Crippen molar-refractivity contribution in [1.82, 2.24) is 0 Å². The van der Waals surface area contributed by atoms with Crippen LogP contribution in [0.2, 0.25) is 0 Å². The van der Waals surface area contributed by atoms with Crippen molar-refractivity contribution >= 4 is 8.15 Å². The van der Waals surface area contributed by atoms with Crippen molar-refractivity contribution in [3.8, 4) is 11.5 Å². The summed E-state index contributed by atoms with van der Waals surface area (Å²) in [5.74, 6) is 1.84. The Labute approximate surface area is 156 Å². The van der Waals surface area contributed by atoms with Gasteiger partial charge in [0.25, 0.3) is 5.75 Å². The number of hydrogen-bond donors (Lipinski definition) is 0. The molecule has 1 N–H and O–H groups in total. The van der Waals surface area contributed by atoms with Crippen molar-refractivity contribution in [2.75, 3.05) is 7.11 Å². The molecule has 0 aliphatic carbocycles. The fraction of sp³-hybridized carbons (Fsp3) is 0.217. The zero-order valence-electron chi connectivity index (χ0n) is 15.0. The Bertz CT molecular complexity index is 788. The largest absolute Gasteiger partial charge is 0.582 e. The normalized spacial score (nSPS) is 20.0. The average Bonchev–Trinajstić information content (AvgIpc) is 3.13. The van der Waals surface area contributed by atoms with E-state index in [0.29, 0.717) is 11.3 Å². The van der Waals surface area contributed by atoms with Crippen LogP contribution in [-0.2, 0) is 0 Å². The Morgan fingerprint density at radius 3 is 1.77 bits per heavy atom. The summed E-state index contributed by atoms with van der Waals surface area (Å²) in [7, 11) is 1.14. The lowest BCUT2D eigenvalue weighted by Crippen LogP contribution is -2.01. The predicted molar refractivity (Wildman–Crippen MR) is 109 cm³/mol. The lowest BCUT2D eigenvalue weighted by molar-refractivity contribution is 0.132. The van der Waals surface area contributed by atoms with Crippen LogP contribution in [0.4, 0.5) is 0 Å². The summed E-state index contributed by atoms with van der Waals surface area (Å²) in [5, 5.41) is 0. The number of aliphatic hydroxyl groups is 1. The molecule has 0 spiro atoms. The molecule has 1 saturated heterocycles. The molecule has 0 bridgehead atoms. The van der Waals surface area contributed by atoms with E-state index < -0.39 is 8.15 Å². The minimum absolute atomic E-state index is 0.460. The second-order valence-corrected chi connectivity index (χ2v) is 8.72. The number of ether oxygens (including phenoxy) is 1. The highest BCUT2D eigenvalue weighted by atomic mass is 31.1. The van der Waals surface area contributed by atoms with Gasteiger partial charge in [0.1, 0.15) is 8.15 Å². The zero-order valence-corrected chi connectivity index (χ0v) is 15.8. The minimum Gasteiger partial charge on any atom is -0.582 e. The van der Waals surface area contributed by atoms with Crippen LogP contribution in [0, 0.1) is 0 Å². The van der Waals surface area contributed by atoms with Crippen LogP contribution in [0.5, 0.6) is 11.5 Å². The highest BCUT2D eigenvalue weighted by Crippen LogP contribution is 2.70. The van der Waals surface area contributed by atoms with E-state index in [0.717, 1.165) is 11.5 Å². The predicted octanol–water partition coefficient (Wildman–Crippen LogP) is 6.61. The monoisotopic (exact) mass is 363 g/mol. The van der Waals surface area contributed by atoms with E-state index in [4.69, 9.17) is 4.52 Å². The SMILES string of the molecule is C[OH+]c1ccccc1OP1[C@H](c2ccccc2)CC[C@H]1c1ccccc1. The van der Waals surface area contributed by atoms with E-state index in [1.54, 1.807) is 0 Å². The van der Waals surface area contributed by atoms with E-state index in [1.165, 1.54) is 24.0 Å². The third-order valence-corrected chi connectivity index (χ3v) is 7.76. The number of hydrogen-bond acceptors (Lipinski definition) is 1. The third kappa shape index (κ3) is 3.48. The molecule has 0 saturated carbocycles. The van der Waals surface area contributed by atoms with Gasteiger partial charge < -0.3 is 9.26 Å². The van der Waals surface area contributed by atoms with Crippen LogP contribution in [0.3, 0.4) is 0 Å². The Morgan fingerprint density at radius 2 is 1.23 bits per heavy atom. The second-order valence-electron chi connectivity index (χ2n) is 6.57.